The van der Waals surface area contributed by atoms with Gasteiger partial charge in [0.1, 0.15) is 5.56 Å². The first-order valence-corrected chi connectivity index (χ1v) is 3.95. The second kappa shape index (κ2) is 4.52. The minimum Gasteiger partial charge on any atom is -0.477 e. The summed E-state index contributed by atoms with van der Waals surface area (Å²) in [6, 6.07) is 1.17. The predicted octanol–water partition coefficient (Wildman–Crippen LogP) is -0.412. The number of rotatable bonds is 4. The molecule has 0 fully saturated rings. The molecule has 1 N–H and O–H groups in total. The number of hydrogen-bond donors (Lipinski definition) is 1. The first-order valence-electron chi connectivity index (χ1n) is 3.95. The standard InChI is InChI=1S/C8H10N2O4/c1-14-5-4-10-7(11)6(8(12)13)2-3-9-10/h2-3H,4-5H2,1H3,(H,12,13). The zero-order chi connectivity index (χ0) is 10.6. The van der Waals surface area contributed by atoms with Gasteiger partial charge in [0, 0.05) is 13.3 Å². The summed E-state index contributed by atoms with van der Waals surface area (Å²) < 4.78 is 5.82. The number of carboxylic acid groups (broad SMARTS) is 1. The van der Waals surface area contributed by atoms with E-state index < -0.39 is 11.5 Å². The van der Waals surface area contributed by atoms with Crippen molar-refractivity contribution in [2.45, 2.75) is 6.54 Å². The molecule has 6 heteroatoms. The molecule has 0 aliphatic heterocycles. The zero-order valence-corrected chi connectivity index (χ0v) is 7.64. The van der Waals surface area contributed by atoms with Gasteiger partial charge in [0.25, 0.3) is 5.56 Å². The third-order valence-electron chi connectivity index (χ3n) is 1.65. The number of nitrogens with zero attached hydrogens (tertiary/aromatic N) is 2. The van der Waals surface area contributed by atoms with Crippen molar-refractivity contribution in [3.63, 3.8) is 0 Å². The molecular weight excluding hydrogens is 188 g/mol. The molecule has 1 rings (SSSR count). The van der Waals surface area contributed by atoms with E-state index in [1.54, 1.807) is 0 Å². The van der Waals surface area contributed by atoms with Gasteiger partial charge in [0.15, 0.2) is 0 Å². The van der Waals surface area contributed by atoms with E-state index in [1.807, 2.05) is 0 Å². The maximum atomic E-state index is 11.4. The van der Waals surface area contributed by atoms with Crippen LogP contribution in [0.2, 0.25) is 0 Å². The van der Waals surface area contributed by atoms with Crippen molar-refractivity contribution in [2.24, 2.45) is 0 Å². The number of aromatic nitrogens is 2. The lowest BCUT2D eigenvalue weighted by Crippen LogP contribution is -2.29. The van der Waals surface area contributed by atoms with E-state index in [9.17, 15) is 9.59 Å². The quantitative estimate of drug-likeness (QED) is 0.711. The van der Waals surface area contributed by atoms with Gasteiger partial charge in [-0.3, -0.25) is 4.79 Å². The molecule has 0 saturated heterocycles. The molecule has 0 atom stereocenters. The van der Waals surface area contributed by atoms with Crippen LogP contribution in [0.5, 0.6) is 0 Å². The fourth-order valence-electron chi connectivity index (χ4n) is 0.951. The van der Waals surface area contributed by atoms with Crippen molar-refractivity contribution in [1.29, 1.82) is 0 Å². The fourth-order valence-corrected chi connectivity index (χ4v) is 0.951. The topological polar surface area (TPSA) is 81.4 Å². The van der Waals surface area contributed by atoms with Crippen molar-refractivity contribution < 1.29 is 14.6 Å². The monoisotopic (exact) mass is 198 g/mol. The summed E-state index contributed by atoms with van der Waals surface area (Å²) in [5, 5.41) is 12.4. The Balaban J connectivity index is 3.02. The van der Waals surface area contributed by atoms with Crippen LogP contribution in [0.3, 0.4) is 0 Å². The van der Waals surface area contributed by atoms with E-state index in [4.69, 9.17) is 9.84 Å². The highest BCUT2D eigenvalue weighted by Gasteiger charge is 2.10. The van der Waals surface area contributed by atoms with E-state index in [-0.39, 0.29) is 12.1 Å². The van der Waals surface area contributed by atoms with Crippen LogP contribution in [0.25, 0.3) is 0 Å². The summed E-state index contributed by atoms with van der Waals surface area (Å²) in [7, 11) is 1.49. The van der Waals surface area contributed by atoms with Crippen molar-refractivity contribution in [3.8, 4) is 0 Å². The fraction of sp³-hybridized carbons (Fsp3) is 0.375. The van der Waals surface area contributed by atoms with Gasteiger partial charge in [0.2, 0.25) is 0 Å². The average Bonchev–Trinajstić information content (AvgIpc) is 2.16. The highest BCUT2D eigenvalue weighted by Crippen LogP contribution is 1.88. The molecule has 6 nitrogen and oxygen atoms in total. The predicted molar refractivity (Wildman–Crippen MR) is 47.3 cm³/mol. The lowest BCUT2D eigenvalue weighted by molar-refractivity contribution is 0.0693. The molecule has 0 unspecified atom stereocenters. The van der Waals surface area contributed by atoms with Crippen LogP contribution in [0.4, 0.5) is 0 Å². The largest absolute Gasteiger partial charge is 0.477 e. The zero-order valence-electron chi connectivity index (χ0n) is 7.64. The first kappa shape index (κ1) is 10.4. The van der Waals surface area contributed by atoms with Crippen LogP contribution >= 0.6 is 0 Å². The minimum atomic E-state index is -1.25. The first-order chi connectivity index (χ1) is 6.66. The maximum Gasteiger partial charge on any atom is 0.341 e. The maximum absolute atomic E-state index is 11.4. The Labute approximate surface area is 79.7 Å². The highest BCUT2D eigenvalue weighted by molar-refractivity contribution is 5.86. The molecule has 1 aromatic heterocycles. The number of ether oxygens (including phenoxy) is 1. The van der Waals surface area contributed by atoms with Crippen molar-refractivity contribution in [3.05, 3.63) is 28.2 Å². The average molecular weight is 198 g/mol. The summed E-state index contributed by atoms with van der Waals surface area (Å²) in [5.74, 6) is -1.25. The number of carboxylic acids is 1. The van der Waals surface area contributed by atoms with Crippen molar-refractivity contribution >= 4 is 5.97 Å². The summed E-state index contributed by atoms with van der Waals surface area (Å²) in [5.41, 5.74) is -0.895. The Morgan fingerprint density at radius 2 is 2.43 bits per heavy atom. The third-order valence-corrected chi connectivity index (χ3v) is 1.65. The van der Waals surface area contributed by atoms with Crippen molar-refractivity contribution in [1.82, 2.24) is 9.78 Å². The van der Waals surface area contributed by atoms with Gasteiger partial charge in [-0.2, -0.15) is 5.10 Å². The summed E-state index contributed by atoms with van der Waals surface area (Å²) in [6.07, 6.45) is 1.28. The normalized spacial score (nSPS) is 10.1. The number of hydrogen-bond acceptors (Lipinski definition) is 4. The van der Waals surface area contributed by atoms with Gasteiger partial charge in [0.05, 0.1) is 13.2 Å². The summed E-state index contributed by atoms with van der Waals surface area (Å²) in [6.45, 7) is 0.562. The van der Waals surface area contributed by atoms with Gasteiger partial charge in [-0.15, -0.1) is 0 Å². The molecule has 1 aromatic rings. The molecule has 0 aliphatic rings. The highest BCUT2D eigenvalue weighted by atomic mass is 16.5. The van der Waals surface area contributed by atoms with Gasteiger partial charge < -0.3 is 9.84 Å². The van der Waals surface area contributed by atoms with E-state index >= 15 is 0 Å². The Morgan fingerprint density at radius 1 is 1.71 bits per heavy atom. The SMILES string of the molecule is COCCn1nccc(C(=O)O)c1=O. The number of carbonyl (C=O) groups is 1. The van der Waals surface area contributed by atoms with Crippen LogP contribution in [-0.4, -0.2) is 34.6 Å². The van der Waals surface area contributed by atoms with Crippen LogP contribution in [0, 0.1) is 0 Å². The number of aromatic carboxylic acids is 1. The van der Waals surface area contributed by atoms with Crippen molar-refractivity contribution in [2.75, 3.05) is 13.7 Å². The third kappa shape index (κ3) is 2.17. The van der Waals surface area contributed by atoms with Gasteiger partial charge >= 0.3 is 5.97 Å². The Kier molecular flexibility index (Phi) is 3.35. The van der Waals surface area contributed by atoms with Crippen LogP contribution in [0.1, 0.15) is 10.4 Å². The molecule has 1 heterocycles. The second-order valence-corrected chi connectivity index (χ2v) is 2.57. The molecular formula is C8H10N2O4. The second-order valence-electron chi connectivity index (χ2n) is 2.57. The lowest BCUT2D eigenvalue weighted by Gasteiger charge is -2.03. The molecule has 0 amide bonds. The van der Waals surface area contributed by atoms with E-state index in [2.05, 4.69) is 5.10 Å². The van der Waals surface area contributed by atoms with E-state index in [0.29, 0.717) is 6.61 Å². The van der Waals surface area contributed by atoms with Gasteiger partial charge in [-0.25, -0.2) is 9.48 Å². The molecule has 14 heavy (non-hydrogen) atoms. The van der Waals surface area contributed by atoms with E-state index in [0.717, 1.165) is 4.68 Å². The Bertz CT molecular complexity index is 385. The van der Waals surface area contributed by atoms with Gasteiger partial charge in [-0.1, -0.05) is 0 Å². The lowest BCUT2D eigenvalue weighted by atomic mass is 10.3. The molecule has 0 radical (unpaired) electrons. The Hall–Kier alpha value is -1.69. The molecule has 0 saturated carbocycles. The van der Waals surface area contributed by atoms with Gasteiger partial charge in [-0.05, 0) is 6.07 Å². The molecule has 76 valence electrons. The Morgan fingerprint density at radius 3 is 3.00 bits per heavy atom. The summed E-state index contributed by atoms with van der Waals surface area (Å²) in [4.78, 5) is 22.0. The number of methoxy groups -OCH3 is 1. The molecule has 0 spiro atoms. The molecule has 0 bridgehead atoms. The molecule has 0 aromatic carbocycles. The minimum absolute atomic E-state index is 0.246. The smallest absolute Gasteiger partial charge is 0.341 e. The van der Waals surface area contributed by atoms with E-state index in [1.165, 1.54) is 19.4 Å². The molecule has 0 aliphatic carbocycles. The van der Waals surface area contributed by atoms with Crippen LogP contribution in [0.15, 0.2) is 17.1 Å². The van der Waals surface area contributed by atoms with Crippen LogP contribution < -0.4 is 5.56 Å². The summed E-state index contributed by atoms with van der Waals surface area (Å²) >= 11 is 0. The van der Waals surface area contributed by atoms with Crippen LogP contribution in [-0.2, 0) is 11.3 Å².